The van der Waals surface area contributed by atoms with Gasteiger partial charge in [0.15, 0.2) is 0 Å². The van der Waals surface area contributed by atoms with Gasteiger partial charge in [-0.2, -0.15) is 0 Å². The maximum atomic E-state index is 12.5. The number of carbonyl (C=O) groups excluding carboxylic acids is 2. The smallest absolute Gasteiger partial charge is 0.318 e. The molecule has 1 fully saturated rings. The molecule has 1 aliphatic heterocycles. The average Bonchev–Trinajstić information content (AvgIpc) is 2.92. The van der Waals surface area contributed by atoms with Crippen molar-refractivity contribution in [1.82, 2.24) is 15.5 Å². The number of fused-ring (bicyclic) bond motifs is 1. The quantitative estimate of drug-likeness (QED) is 0.909. The second kappa shape index (κ2) is 6.95. The van der Waals surface area contributed by atoms with E-state index in [4.69, 9.17) is 4.42 Å². The highest BCUT2D eigenvalue weighted by atomic mass is 16.3. The van der Waals surface area contributed by atoms with E-state index in [1.54, 1.807) is 11.9 Å². The number of hydrogen-bond donors (Lipinski definition) is 2. The maximum Gasteiger partial charge on any atom is 0.318 e. The molecule has 128 valence electrons. The summed E-state index contributed by atoms with van der Waals surface area (Å²) in [6.07, 6.45) is 2.54. The van der Waals surface area contributed by atoms with Crippen LogP contribution in [-0.2, 0) is 4.79 Å². The van der Waals surface area contributed by atoms with Crippen molar-refractivity contribution < 1.29 is 14.0 Å². The van der Waals surface area contributed by atoms with Gasteiger partial charge in [-0.25, -0.2) is 4.79 Å². The minimum Gasteiger partial charge on any atom is -0.459 e. The highest BCUT2D eigenvalue weighted by molar-refractivity contribution is 5.87. The molecule has 2 atom stereocenters. The van der Waals surface area contributed by atoms with E-state index in [9.17, 15) is 9.59 Å². The molecule has 1 aromatic heterocycles. The van der Waals surface area contributed by atoms with Crippen LogP contribution in [0, 0.1) is 0 Å². The number of nitrogens with zero attached hydrogens (tertiary/aromatic N) is 1. The van der Waals surface area contributed by atoms with E-state index < -0.39 is 6.04 Å². The van der Waals surface area contributed by atoms with Gasteiger partial charge >= 0.3 is 6.03 Å². The Balaban J connectivity index is 1.68. The van der Waals surface area contributed by atoms with E-state index in [1.165, 1.54) is 0 Å². The molecule has 0 radical (unpaired) electrons. The Morgan fingerprint density at radius 3 is 2.96 bits per heavy atom. The first kappa shape index (κ1) is 16.4. The van der Waals surface area contributed by atoms with Gasteiger partial charge in [-0.15, -0.1) is 0 Å². The van der Waals surface area contributed by atoms with E-state index in [1.807, 2.05) is 37.3 Å². The molecule has 6 nitrogen and oxygen atoms in total. The van der Waals surface area contributed by atoms with Gasteiger partial charge in [-0.3, -0.25) is 4.79 Å². The fraction of sp³-hybridized carbons (Fsp3) is 0.444. The fourth-order valence-electron chi connectivity index (χ4n) is 2.90. The van der Waals surface area contributed by atoms with Crippen LogP contribution in [0.4, 0.5) is 4.79 Å². The highest BCUT2D eigenvalue weighted by Gasteiger charge is 2.26. The molecule has 6 heteroatoms. The maximum absolute atomic E-state index is 12.5. The van der Waals surface area contributed by atoms with Gasteiger partial charge < -0.3 is 20.0 Å². The van der Waals surface area contributed by atoms with Crippen LogP contribution in [0.3, 0.4) is 0 Å². The fourth-order valence-corrected chi connectivity index (χ4v) is 2.90. The largest absolute Gasteiger partial charge is 0.459 e. The molecule has 0 aliphatic carbocycles. The van der Waals surface area contributed by atoms with Crippen LogP contribution in [0.5, 0.6) is 0 Å². The van der Waals surface area contributed by atoms with E-state index in [-0.39, 0.29) is 18.0 Å². The molecule has 2 N–H and O–H groups in total. The SMILES string of the molecule is C[C@@H](c1cc2ccccc2o1)N(C)C(=O)N[C@H]1CCCCNC1=O. The normalized spacial score (nSPS) is 19.4. The summed E-state index contributed by atoms with van der Waals surface area (Å²) >= 11 is 0. The number of carbonyl (C=O) groups is 2. The monoisotopic (exact) mass is 329 g/mol. The summed E-state index contributed by atoms with van der Waals surface area (Å²) in [5.74, 6) is 0.616. The summed E-state index contributed by atoms with van der Waals surface area (Å²) in [4.78, 5) is 26.0. The molecule has 0 spiro atoms. The van der Waals surface area contributed by atoms with Gasteiger partial charge in [0.05, 0.1) is 6.04 Å². The predicted molar refractivity (Wildman–Crippen MR) is 91.6 cm³/mol. The van der Waals surface area contributed by atoms with Crippen LogP contribution in [0.25, 0.3) is 11.0 Å². The van der Waals surface area contributed by atoms with Crippen LogP contribution >= 0.6 is 0 Å². The third-order valence-corrected chi connectivity index (χ3v) is 4.59. The Kier molecular flexibility index (Phi) is 4.74. The molecule has 0 unspecified atom stereocenters. The minimum absolute atomic E-state index is 0.106. The Bertz CT molecular complexity index is 707. The zero-order chi connectivity index (χ0) is 17.1. The van der Waals surface area contributed by atoms with Crippen molar-refractivity contribution in [2.75, 3.05) is 13.6 Å². The number of furan rings is 1. The van der Waals surface area contributed by atoms with E-state index in [0.717, 1.165) is 29.6 Å². The Hall–Kier alpha value is -2.50. The van der Waals surface area contributed by atoms with Gasteiger partial charge in [0, 0.05) is 19.0 Å². The standard InChI is InChI=1S/C18H23N3O3/c1-12(16-11-13-7-3-4-9-15(13)24-16)21(2)18(23)20-14-8-5-6-10-19-17(14)22/h3-4,7,9,11-12,14H,5-6,8,10H2,1-2H3,(H,19,22)(H,20,23)/t12-,14-/m0/s1. The van der Waals surface area contributed by atoms with Gasteiger partial charge in [0.25, 0.3) is 0 Å². The average molecular weight is 329 g/mol. The van der Waals surface area contributed by atoms with Crippen LogP contribution in [0.2, 0.25) is 0 Å². The number of hydrogen-bond acceptors (Lipinski definition) is 3. The predicted octanol–water partition coefficient (Wildman–Crippen LogP) is 2.80. The summed E-state index contributed by atoms with van der Waals surface area (Å²) in [6.45, 7) is 2.58. The Morgan fingerprint density at radius 1 is 1.38 bits per heavy atom. The van der Waals surface area contributed by atoms with Crippen LogP contribution < -0.4 is 10.6 Å². The Labute approximate surface area is 141 Å². The first-order chi connectivity index (χ1) is 11.6. The molecular formula is C18H23N3O3. The summed E-state index contributed by atoms with van der Waals surface area (Å²) < 4.78 is 5.83. The Morgan fingerprint density at radius 2 is 2.17 bits per heavy atom. The zero-order valence-electron chi connectivity index (χ0n) is 14.0. The number of para-hydroxylation sites is 1. The molecule has 1 saturated heterocycles. The molecule has 1 aromatic carbocycles. The molecule has 24 heavy (non-hydrogen) atoms. The highest BCUT2D eigenvalue weighted by Crippen LogP contribution is 2.26. The van der Waals surface area contributed by atoms with E-state index in [2.05, 4.69) is 10.6 Å². The van der Waals surface area contributed by atoms with Crippen LogP contribution in [-0.4, -0.2) is 36.5 Å². The lowest BCUT2D eigenvalue weighted by Gasteiger charge is -2.26. The van der Waals surface area contributed by atoms with Crippen molar-refractivity contribution in [2.24, 2.45) is 0 Å². The zero-order valence-corrected chi connectivity index (χ0v) is 14.0. The lowest BCUT2D eigenvalue weighted by molar-refractivity contribution is -0.122. The van der Waals surface area contributed by atoms with Crippen molar-refractivity contribution in [3.05, 3.63) is 36.1 Å². The van der Waals surface area contributed by atoms with Crippen molar-refractivity contribution in [3.8, 4) is 0 Å². The first-order valence-corrected chi connectivity index (χ1v) is 8.36. The van der Waals surface area contributed by atoms with E-state index in [0.29, 0.717) is 13.0 Å². The van der Waals surface area contributed by atoms with Crippen molar-refractivity contribution in [2.45, 2.75) is 38.3 Å². The molecule has 0 saturated carbocycles. The molecule has 0 bridgehead atoms. The lowest BCUT2D eigenvalue weighted by Crippen LogP contribution is -2.49. The number of urea groups is 1. The van der Waals surface area contributed by atoms with Gasteiger partial charge in [-0.05, 0) is 38.3 Å². The van der Waals surface area contributed by atoms with Gasteiger partial charge in [0.1, 0.15) is 17.4 Å². The van der Waals surface area contributed by atoms with Crippen molar-refractivity contribution in [3.63, 3.8) is 0 Å². The number of nitrogens with one attached hydrogen (secondary N) is 2. The summed E-state index contributed by atoms with van der Waals surface area (Å²) in [7, 11) is 1.71. The molecular weight excluding hydrogens is 306 g/mol. The summed E-state index contributed by atoms with van der Waals surface area (Å²) in [6, 6.07) is 8.73. The van der Waals surface area contributed by atoms with Gasteiger partial charge in [0.2, 0.25) is 5.91 Å². The topological polar surface area (TPSA) is 74.6 Å². The summed E-state index contributed by atoms with van der Waals surface area (Å²) in [5, 5.41) is 6.66. The molecule has 3 amide bonds. The summed E-state index contributed by atoms with van der Waals surface area (Å²) in [5.41, 5.74) is 0.802. The second-order valence-corrected chi connectivity index (χ2v) is 6.26. The van der Waals surface area contributed by atoms with Crippen molar-refractivity contribution in [1.29, 1.82) is 0 Å². The third-order valence-electron chi connectivity index (χ3n) is 4.59. The third kappa shape index (κ3) is 3.37. The van der Waals surface area contributed by atoms with Crippen LogP contribution in [0.1, 0.15) is 38.0 Å². The number of rotatable bonds is 3. The molecule has 3 rings (SSSR count). The molecule has 2 aromatic rings. The second-order valence-electron chi connectivity index (χ2n) is 6.26. The van der Waals surface area contributed by atoms with Gasteiger partial charge in [-0.1, -0.05) is 18.2 Å². The van der Waals surface area contributed by atoms with Crippen LogP contribution in [0.15, 0.2) is 34.7 Å². The first-order valence-electron chi connectivity index (χ1n) is 8.36. The minimum atomic E-state index is -0.467. The van der Waals surface area contributed by atoms with E-state index >= 15 is 0 Å². The molecule has 2 heterocycles. The number of amides is 3. The van der Waals surface area contributed by atoms with Crippen molar-refractivity contribution >= 4 is 22.9 Å². The lowest BCUT2D eigenvalue weighted by atomic mass is 10.1. The number of benzene rings is 1. The molecule has 1 aliphatic rings.